The normalized spacial score (nSPS) is 10.5. The molecule has 0 aliphatic carbocycles. The summed E-state index contributed by atoms with van der Waals surface area (Å²) in [4.78, 5) is 15.4. The van der Waals surface area contributed by atoms with E-state index in [0.717, 1.165) is 30.1 Å². The van der Waals surface area contributed by atoms with E-state index < -0.39 is 0 Å². The maximum Gasteiger partial charge on any atom is 0.182 e. The van der Waals surface area contributed by atoms with Gasteiger partial charge in [-0.15, -0.1) is 0 Å². The van der Waals surface area contributed by atoms with Crippen LogP contribution in [0.15, 0.2) is 43.0 Å². The molecule has 0 aliphatic rings. The SMILES string of the molecule is c1ccc(NCCNc2ncnc3nc[nH]c23)cc1. The van der Waals surface area contributed by atoms with E-state index in [9.17, 15) is 0 Å². The highest BCUT2D eigenvalue weighted by Crippen LogP contribution is 2.13. The Hall–Kier alpha value is -2.63. The third-order valence-electron chi connectivity index (χ3n) is 2.74. The van der Waals surface area contributed by atoms with Gasteiger partial charge in [-0.25, -0.2) is 15.0 Å². The molecular weight excluding hydrogens is 240 g/mol. The van der Waals surface area contributed by atoms with Crippen molar-refractivity contribution >= 4 is 22.7 Å². The summed E-state index contributed by atoms with van der Waals surface area (Å²) in [6, 6.07) is 10.1. The summed E-state index contributed by atoms with van der Waals surface area (Å²) in [6.07, 6.45) is 3.13. The fourth-order valence-corrected chi connectivity index (χ4v) is 1.84. The molecule has 6 nitrogen and oxygen atoms in total. The lowest BCUT2D eigenvalue weighted by Crippen LogP contribution is -2.14. The first kappa shape index (κ1) is 11.5. The van der Waals surface area contributed by atoms with Crippen LogP contribution >= 0.6 is 0 Å². The second-order valence-electron chi connectivity index (χ2n) is 4.04. The van der Waals surface area contributed by atoms with Crippen molar-refractivity contribution < 1.29 is 0 Å². The van der Waals surface area contributed by atoms with Crippen molar-refractivity contribution in [1.29, 1.82) is 0 Å². The minimum atomic E-state index is 0.675. The molecule has 1 aromatic carbocycles. The standard InChI is InChI=1S/C13H14N6/c1-2-4-10(5-3-1)14-6-7-15-12-11-13(17-8-16-11)19-9-18-12/h1-5,8-9,14H,6-7H2,(H2,15,16,17,18,19). The van der Waals surface area contributed by atoms with Crippen LogP contribution in [0.1, 0.15) is 0 Å². The number of benzene rings is 1. The third kappa shape index (κ3) is 2.62. The molecule has 0 aliphatic heterocycles. The number of aromatic nitrogens is 4. The molecule has 0 amide bonds. The highest BCUT2D eigenvalue weighted by Gasteiger charge is 2.04. The summed E-state index contributed by atoms with van der Waals surface area (Å²) in [5.41, 5.74) is 2.62. The van der Waals surface area contributed by atoms with Crippen LogP contribution in [-0.4, -0.2) is 33.0 Å². The Bertz CT molecular complexity index is 648. The molecule has 0 atom stereocenters. The minimum Gasteiger partial charge on any atom is -0.383 e. The number of para-hydroxylation sites is 1. The summed E-state index contributed by atoms with van der Waals surface area (Å²) in [7, 11) is 0. The first-order chi connectivity index (χ1) is 9.43. The zero-order chi connectivity index (χ0) is 12.9. The molecule has 0 spiro atoms. The highest BCUT2D eigenvalue weighted by atomic mass is 15.1. The predicted molar refractivity (Wildman–Crippen MR) is 75.1 cm³/mol. The zero-order valence-corrected chi connectivity index (χ0v) is 10.3. The van der Waals surface area contributed by atoms with Gasteiger partial charge in [-0.3, -0.25) is 0 Å². The molecule has 0 fully saturated rings. The lowest BCUT2D eigenvalue weighted by molar-refractivity contribution is 1.05. The van der Waals surface area contributed by atoms with Crippen LogP contribution in [0.25, 0.3) is 11.2 Å². The Morgan fingerprint density at radius 1 is 0.947 bits per heavy atom. The summed E-state index contributed by atoms with van der Waals surface area (Å²) >= 11 is 0. The number of imidazole rings is 1. The molecule has 2 aromatic heterocycles. The first-order valence-electron chi connectivity index (χ1n) is 6.10. The van der Waals surface area contributed by atoms with Gasteiger partial charge in [-0.1, -0.05) is 18.2 Å². The number of rotatable bonds is 5. The summed E-state index contributed by atoms with van der Waals surface area (Å²) in [6.45, 7) is 1.57. The monoisotopic (exact) mass is 254 g/mol. The van der Waals surface area contributed by atoms with Crippen molar-refractivity contribution in [3.63, 3.8) is 0 Å². The average Bonchev–Trinajstić information content (AvgIpc) is 2.94. The molecular formula is C13H14N6. The van der Waals surface area contributed by atoms with Gasteiger partial charge in [0, 0.05) is 18.8 Å². The van der Waals surface area contributed by atoms with E-state index in [1.54, 1.807) is 6.33 Å². The fourth-order valence-electron chi connectivity index (χ4n) is 1.84. The van der Waals surface area contributed by atoms with E-state index in [0.29, 0.717) is 5.65 Å². The lowest BCUT2D eigenvalue weighted by atomic mass is 10.3. The van der Waals surface area contributed by atoms with Gasteiger partial charge in [0.25, 0.3) is 0 Å². The summed E-state index contributed by atoms with van der Waals surface area (Å²) in [5, 5.41) is 6.58. The fraction of sp³-hybridized carbons (Fsp3) is 0.154. The Kier molecular flexibility index (Phi) is 3.22. The Morgan fingerprint density at radius 2 is 1.79 bits per heavy atom. The molecule has 96 valence electrons. The van der Waals surface area contributed by atoms with E-state index in [-0.39, 0.29) is 0 Å². The molecule has 6 heteroatoms. The lowest BCUT2D eigenvalue weighted by Gasteiger charge is -2.08. The number of H-pyrrole nitrogens is 1. The van der Waals surface area contributed by atoms with Crippen LogP contribution in [0.2, 0.25) is 0 Å². The molecule has 3 rings (SSSR count). The van der Waals surface area contributed by atoms with Gasteiger partial charge in [-0.05, 0) is 12.1 Å². The maximum atomic E-state index is 4.20. The Morgan fingerprint density at radius 3 is 2.68 bits per heavy atom. The topological polar surface area (TPSA) is 78.5 Å². The van der Waals surface area contributed by atoms with Crippen molar-refractivity contribution in [2.45, 2.75) is 0 Å². The number of nitrogens with zero attached hydrogens (tertiary/aromatic N) is 3. The Balaban J connectivity index is 1.57. The highest BCUT2D eigenvalue weighted by molar-refractivity contribution is 5.81. The van der Waals surface area contributed by atoms with Crippen LogP contribution in [0, 0.1) is 0 Å². The number of anilines is 2. The largest absolute Gasteiger partial charge is 0.383 e. The molecule has 0 radical (unpaired) electrons. The first-order valence-corrected chi connectivity index (χ1v) is 6.10. The Labute approximate surface area is 110 Å². The van der Waals surface area contributed by atoms with Crippen LogP contribution in [0.3, 0.4) is 0 Å². The molecule has 0 unspecified atom stereocenters. The number of aromatic amines is 1. The maximum absolute atomic E-state index is 4.20. The van der Waals surface area contributed by atoms with Crippen LogP contribution in [-0.2, 0) is 0 Å². The molecule has 0 bridgehead atoms. The van der Waals surface area contributed by atoms with Crippen molar-refractivity contribution in [3.05, 3.63) is 43.0 Å². The second kappa shape index (κ2) is 5.34. The number of hydrogen-bond acceptors (Lipinski definition) is 5. The van der Waals surface area contributed by atoms with Gasteiger partial charge >= 0.3 is 0 Å². The van der Waals surface area contributed by atoms with Gasteiger partial charge < -0.3 is 15.6 Å². The van der Waals surface area contributed by atoms with Gasteiger partial charge in [0.05, 0.1) is 6.33 Å². The van der Waals surface area contributed by atoms with E-state index >= 15 is 0 Å². The quantitative estimate of drug-likeness (QED) is 0.606. The van der Waals surface area contributed by atoms with Crippen molar-refractivity contribution in [1.82, 2.24) is 19.9 Å². The number of fused-ring (bicyclic) bond motifs is 1. The molecule has 3 aromatic rings. The number of nitrogens with one attached hydrogen (secondary N) is 3. The van der Waals surface area contributed by atoms with E-state index in [4.69, 9.17) is 0 Å². The van der Waals surface area contributed by atoms with Crippen LogP contribution in [0.4, 0.5) is 11.5 Å². The van der Waals surface area contributed by atoms with Crippen molar-refractivity contribution in [3.8, 4) is 0 Å². The zero-order valence-electron chi connectivity index (χ0n) is 10.3. The minimum absolute atomic E-state index is 0.675. The smallest absolute Gasteiger partial charge is 0.182 e. The van der Waals surface area contributed by atoms with Crippen molar-refractivity contribution in [2.24, 2.45) is 0 Å². The van der Waals surface area contributed by atoms with E-state index in [2.05, 4.69) is 30.6 Å². The predicted octanol–water partition coefficient (Wildman–Crippen LogP) is 1.88. The molecule has 0 saturated carbocycles. The van der Waals surface area contributed by atoms with Gasteiger partial charge in [-0.2, -0.15) is 0 Å². The summed E-state index contributed by atoms with van der Waals surface area (Å²) in [5.74, 6) is 0.775. The van der Waals surface area contributed by atoms with Gasteiger partial charge in [0.2, 0.25) is 0 Å². The third-order valence-corrected chi connectivity index (χ3v) is 2.74. The average molecular weight is 254 g/mol. The molecule has 0 saturated heterocycles. The number of hydrogen-bond donors (Lipinski definition) is 3. The van der Waals surface area contributed by atoms with E-state index in [1.807, 2.05) is 30.3 Å². The van der Waals surface area contributed by atoms with Crippen molar-refractivity contribution in [2.75, 3.05) is 23.7 Å². The van der Waals surface area contributed by atoms with Crippen LogP contribution in [0.5, 0.6) is 0 Å². The van der Waals surface area contributed by atoms with Gasteiger partial charge in [0.1, 0.15) is 11.8 Å². The van der Waals surface area contributed by atoms with Crippen LogP contribution < -0.4 is 10.6 Å². The van der Waals surface area contributed by atoms with Gasteiger partial charge in [0.15, 0.2) is 11.5 Å². The second-order valence-corrected chi connectivity index (χ2v) is 4.04. The van der Waals surface area contributed by atoms with E-state index in [1.165, 1.54) is 6.33 Å². The summed E-state index contributed by atoms with van der Waals surface area (Å²) < 4.78 is 0. The molecule has 2 heterocycles. The molecule has 3 N–H and O–H groups in total. The molecule has 19 heavy (non-hydrogen) atoms.